The van der Waals surface area contributed by atoms with Crippen molar-refractivity contribution in [2.24, 2.45) is 11.3 Å². The number of hydrogen-bond acceptors (Lipinski definition) is 0. The molecule has 0 heterocycles. The van der Waals surface area contributed by atoms with Crippen LogP contribution in [0.1, 0.15) is 157 Å². The Bertz CT molecular complexity index is 294. The van der Waals surface area contributed by atoms with Gasteiger partial charge < -0.3 is 0 Å². The van der Waals surface area contributed by atoms with Gasteiger partial charge in [0.05, 0.1) is 0 Å². The summed E-state index contributed by atoms with van der Waals surface area (Å²) < 4.78 is 0. The fourth-order valence-electron chi connectivity index (χ4n) is 4.72. The van der Waals surface area contributed by atoms with Gasteiger partial charge in [-0.3, -0.25) is 0 Å². The molecule has 27 heavy (non-hydrogen) atoms. The molecule has 0 saturated heterocycles. The Morgan fingerprint density at radius 3 is 1.67 bits per heavy atom. The highest BCUT2D eigenvalue weighted by Gasteiger charge is 2.37. The van der Waals surface area contributed by atoms with E-state index in [1.165, 1.54) is 116 Å². The lowest BCUT2D eigenvalue weighted by molar-refractivity contribution is 0.161. The van der Waals surface area contributed by atoms with Crippen molar-refractivity contribution in [1.82, 2.24) is 0 Å². The van der Waals surface area contributed by atoms with Crippen LogP contribution in [0, 0.1) is 17.3 Å². The van der Waals surface area contributed by atoms with Crippen LogP contribution in [0.2, 0.25) is 0 Å². The van der Waals surface area contributed by atoms with Crippen LogP contribution in [0.5, 0.6) is 0 Å². The van der Waals surface area contributed by atoms with E-state index in [0.717, 1.165) is 5.92 Å². The molecule has 1 radical (unpaired) electrons. The molecule has 0 rings (SSSR count). The Hall–Kier alpha value is 0. The predicted molar refractivity (Wildman–Crippen MR) is 126 cm³/mol. The first-order chi connectivity index (χ1) is 13.1. The molecule has 0 nitrogen and oxygen atoms in total. The average molecular weight is 380 g/mol. The van der Waals surface area contributed by atoms with Gasteiger partial charge >= 0.3 is 0 Å². The molecule has 0 saturated carbocycles. The lowest BCUT2D eigenvalue weighted by Gasteiger charge is -2.43. The standard InChI is InChI=1S/C27H55/c1-7-11-15-17-18-19-23-26(22-14-10-4)27(6,24-20-16-12-8-2)25(5)21-13-9-3/h25H,7-24H2,1-6H3. The van der Waals surface area contributed by atoms with E-state index in [2.05, 4.69) is 41.5 Å². The fourth-order valence-corrected chi connectivity index (χ4v) is 4.72. The van der Waals surface area contributed by atoms with Gasteiger partial charge in [-0.2, -0.15) is 0 Å². The second-order valence-corrected chi connectivity index (χ2v) is 9.50. The van der Waals surface area contributed by atoms with Gasteiger partial charge in [-0.05, 0) is 36.5 Å². The number of hydrogen-bond donors (Lipinski definition) is 0. The third-order valence-electron chi connectivity index (χ3n) is 7.10. The molecule has 0 aliphatic rings. The molecule has 0 heteroatoms. The molecule has 0 aromatic rings. The van der Waals surface area contributed by atoms with Crippen molar-refractivity contribution in [3.8, 4) is 0 Å². The SMILES string of the molecule is CCCCCCCC[C](CCCC)C(C)(CCCCCC)C(C)CCCC. The molecule has 0 aromatic heterocycles. The summed E-state index contributed by atoms with van der Waals surface area (Å²) in [6, 6.07) is 0. The first-order valence-electron chi connectivity index (χ1n) is 12.9. The molecular formula is C27H55. The zero-order valence-corrected chi connectivity index (χ0v) is 20.3. The molecule has 0 bridgehead atoms. The van der Waals surface area contributed by atoms with E-state index in [-0.39, 0.29) is 0 Å². The van der Waals surface area contributed by atoms with E-state index in [0.29, 0.717) is 5.41 Å². The van der Waals surface area contributed by atoms with Gasteiger partial charge in [0.25, 0.3) is 0 Å². The second kappa shape index (κ2) is 18.1. The average Bonchev–Trinajstić information content (AvgIpc) is 2.68. The summed E-state index contributed by atoms with van der Waals surface area (Å²) in [5.41, 5.74) is 0.488. The van der Waals surface area contributed by atoms with Gasteiger partial charge in [0.2, 0.25) is 0 Å². The van der Waals surface area contributed by atoms with Gasteiger partial charge in [-0.15, -0.1) is 0 Å². The highest BCUT2D eigenvalue weighted by Crippen LogP contribution is 2.48. The van der Waals surface area contributed by atoms with Crippen LogP contribution in [-0.2, 0) is 0 Å². The van der Waals surface area contributed by atoms with Crippen molar-refractivity contribution in [3.05, 3.63) is 5.92 Å². The van der Waals surface area contributed by atoms with Crippen LogP contribution in [0.15, 0.2) is 0 Å². The largest absolute Gasteiger partial charge is 0.0654 e. The Morgan fingerprint density at radius 1 is 0.593 bits per heavy atom. The Balaban J connectivity index is 4.89. The van der Waals surface area contributed by atoms with Crippen molar-refractivity contribution in [2.75, 3.05) is 0 Å². The third-order valence-corrected chi connectivity index (χ3v) is 7.10. The van der Waals surface area contributed by atoms with Crippen LogP contribution in [-0.4, -0.2) is 0 Å². The maximum absolute atomic E-state index is 2.65. The van der Waals surface area contributed by atoms with Crippen LogP contribution >= 0.6 is 0 Å². The molecule has 0 aliphatic heterocycles. The monoisotopic (exact) mass is 379 g/mol. The van der Waals surface area contributed by atoms with Gasteiger partial charge in [0.1, 0.15) is 0 Å². The number of unbranched alkanes of at least 4 members (excludes halogenated alkanes) is 10. The topological polar surface area (TPSA) is 0 Å². The summed E-state index contributed by atoms with van der Waals surface area (Å²) in [7, 11) is 0. The lowest BCUT2D eigenvalue weighted by atomic mass is 9.61. The normalized spacial score (nSPS) is 15.2. The summed E-state index contributed by atoms with van der Waals surface area (Å²) in [5, 5.41) is 0. The van der Waals surface area contributed by atoms with Gasteiger partial charge in [-0.1, -0.05) is 138 Å². The summed E-state index contributed by atoms with van der Waals surface area (Å²) in [6.45, 7) is 14.6. The first-order valence-corrected chi connectivity index (χ1v) is 12.9. The third kappa shape index (κ3) is 12.2. The summed E-state index contributed by atoms with van der Waals surface area (Å²) in [5.74, 6) is 2.80. The highest BCUT2D eigenvalue weighted by molar-refractivity contribution is 5.06. The van der Waals surface area contributed by atoms with Crippen molar-refractivity contribution < 1.29 is 0 Å². The molecule has 0 spiro atoms. The van der Waals surface area contributed by atoms with E-state index in [4.69, 9.17) is 0 Å². The Labute approximate surface area is 174 Å². The molecule has 2 unspecified atom stereocenters. The molecular weight excluding hydrogens is 324 g/mol. The van der Waals surface area contributed by atoms with E-state index in [1.807, 2.05) is 5.92 Å². The lowest BCUT2D eigenvalue weighted by Crippen LogP contribution is -2.33. The molecule has 0 aromatic carbocycles. The first kappa shape index (κ1) is 27.0. The minimum Gasteiger partial charge on any atom is -0.0654 e. The maximum Gasteiger partial charge on any atom is -0.0179 e. The Morgan fingerprint density at radius 2 is 1.07 bits per heavy atom. The van der Waals surface area contributed by atoms with Crippen molar-refractivity contribution in [2.45, 2.75) is 157 Å². The molecule has 163 valence electrons. The maximum atomic E-state index is 2.65. The van der Waals surface area contributed by atoms with Crippen LogP contribution in [0.4, 0.5) is 0 Å². The predicted octanol–water partition coefficient (Wildman–Crippen LogP) is 10.3. The Kier molecular flexibility index (Phi) is 18.1. The minimum atomic E-state index is 0.488. The highest BCUT2D eigenvalue weighted by atomic mass is 14.4. The van der Waals surface area contributed by atoms with Gasteiger partial charge in [0.15, 0.2) is 0 Å². The van der Waals surface area contributed by atoms with Gasteiger partial charge in [-0.25, -0.2) is 0 Å². The zero-order chi connectivity index (χ0) is 20.4. The fraction of sp³-hybridized carbons (Fsp3) is 0.963. The summed E-state index contributed by atoms with van der Waals surface area (Å²) >= 11 is 0. The van der Waals surface area contributed by atoms with E-state index in [1.54, 1.807) is 0 Å². The molecule has 2 atom stereocenters. The second-order valence-electron chi connectivity index (χ2n) is 9.50. The zero-order valence-electron chi connectivity index (χ0n) is 20.3. The smallest absolute Gasteiger partial charge is 0.0179 e. The van der Waals surface area contributed by atoms with Crippen molar-refractivity contribution in [3.63, 3.8) is 0 Å². The molecule has 0 amide bonds. The molecule has 0 N–H and O–H groups in total. The van der Waals surface area contributed by atoms with Crippen molar-refractivity contribution in [1.29, 1.82) is 0 Å². The summed E-state index contributed by atoms with van der Waals surface area (Å²) in [4.78, 5) is 0. The van der Waals surface area contributed by atoms with Crippen LogP contribution < -0.4 is 0 Å². The van der Waals surface area contributed by atoms with Crippen LogP contribution in [0.3, 0.4) is 0 Å². The number of rotatable bonds is 20. The quantitative estimate of drug-likeness (QED) is 0.184. The van der Waals surface area contributed by atoms with Gasteiger partial charge in [0, 0.05) is 0 Å². The van der Waals surface area contributed by atoms with E-state index in [9.17, 15) is 0 Å². The minimum absolute atomic E-state index is 0.488. The van der Waals surface area contributed by atoms with E-state index < -0.39 is 0 Å². The molecule has 0 aliphatic carbocycles. The van der Waals surface area contributed by atoms with Crippen molar-refractivity contribution >= 4 is 0 Å². The van der Waals surface area contributed by atoms with E-state index >= 15 is 0 Å². The summed E-state index contributed by atoms with van der Waals surface area (Å²) in [6.07, 6.45) is 25.4. The van der Waals surface area contributed by atoms with Crippen LogP contribution in [0.25, 0.3) is 0 Å². The molecule has 0 fully saturated rings.